The third kappa shape index (κ3) is 2.67. The Bertz CT molecular complexity index is 688. The van der Waals surface area contributed by atoms with Crippen molar-refractivity contribution >= 4 is 39.1 Å². The lowest BCUT2D eigenvalue weighted by Crippen LogP contribution is -2.16. The zero-order valence-corrected chi connectivity index (χ0v) is 12.6. The number of nitrogens with zero attached hydrogens (tertiary/aromatic N) is 2. The molecule has 0 bridgehead atoms. The molecule has 1 amide bonds. The first kappa shape index (κ1) is 14.1. The quantitative estimate of drug-likeness (QED) is 0.873. The molecule has 0 N–H and O–H groups in total. The first-order valence-electron chi connectivity index (χ1n) is 5.99. The smallest absolute Gasteiger partial charge is 0.245 e. The van der Waals surface area contributed by atoms with Crippen molar-refractivity contribution in [2.45, 2.75) is 26.8 Å². The Morgan fingerprint density at radius 3 is 2.84 bits per heavy atom. The summed E-state index contributed by atoms with van der Waals surface area (Å²) in [7, 11) is 1.62. The molecule has 6 heteroatoms. The van der Waals surface area contributed by atoms with Crippen molar-refractivity contribution in [2.75, 3.05) is 7.11 Å². The third-order valence-corrected chi connectivity index (χ3v) is 4.20. The topological polar surface area (TPSA) is 43.6 Å². The van der Waals surface area contributed by atoms with E-state index in [0.717, 1.165) is 28.9 Å². The van der Waals surface area contributed by atoms with Crippen molar-refractivity contribution in [3.63, 3.8) is 0 Å². The van der Waals surface area contributed by atoms with Gasteiger partial charge in [-0.05, 0) is 18.6 Å². The van der Waals surface area contributed by atoms with Crippen LogP contribution in [0.1, 0.15) is 20.3 Å². The van der Waals surface area contributed by atoms with Crippen LogP contribution in [0.2, 0.25) is 5.02 Å². The van der Waals surface area contributed by atoms with Crippen molar-refractivity contribution in [3.05, 3.63) is 22.0 Å². The van der Waals surface area contributed by atoms with E-state index >= 15 is 0 Å². The molecule has 0 unspecified atom stereocenters. The summed E-state index contributed by atoms with van der Waals surface area (Å²) in [6.45, 7) is 4.29. The maximum absolute atomic E-state index is 11.2. The van der Waals surface area contributed by atoms with Crippen LogP contribution >= 0.6 is 22.9 Å². The van der Waals surface area contributed by atoms with E-state index in [4.69, 9.17) is 16.3 Å². The fourth-order valence-electron chi connectivity index (χ4n) is 1.94. The largest absolute Gasteiger partial charge is 0.495 e. The van der Waals surface area contributed by atoms with Gasteiger partial charge in [0, 0.05) is 13.5 Å². The molecule has 0 atom stereocenters. The number of carbonyl (C=O) groups excluding carboxylic acids is 1. The normalized spacial score (nSPS) is 12.1. The number of benzene rings is 1. The van der Waals surface area contributed by atoms with Gasteiger partial charge in [-0.25, -0.2) is 0 Å². The lowest BCUT2D eigenvalue weighted by atomic mass is 10.3. The number of aromatic nitrogens is 1. The van der Waals surface area contributed by atoms with Gasteiger partial charge in [-0.15, -0.1) is 0 Å². The second-order valence-corrected chi connectivity index (χ2v) is 5.48. The molecule has 0 fully saturated rings. The standard InChI is InChI=1S/C13H15ClN2O2S/c1-4-7-16-11-10(18-3)6-5-9(14)12(11)19-13(16)15-8(2)17/h5-6H,4,7H2,1-3H3. The number of methoxy groups -OCH3 is 1. The zero-order valence-electron chi connectivity index (χ0n) is 11.1. The van der Waals surface area contributed by atoms with Crippen LogP contribution in [-0.2, 0) is 11.3 Å². The van der Waals surface area contributed by atoms with Gasteiger partial charge in [0.25, 0.3) is 0 Å². The van der Waals surface area contributed by atoms with E-state index < -0.39 is 0 Å². The van der Waals surface area contributed by atoms with Crippen LogP contribution < -0.4 is 9.54 Å². The number of fused-ring (bicyclic) bond motifs is 1. The first-order valence-corrected chi connectivity index (χ1v) is 7.19. The van der Waals surface area contributed by atoms with Gasteiger partial charge in [-0.1, -0.05) is 29.9 Å². The third-order valence-electron chi connectivity index (χ3n) is 2.66. The summed E-state index contributed by atoms with van der Waals surface area (Å²) in [6, 6.07) is 3.63. The van der Waals surface area contributed by atoms with E-state index in [0.29, 0.717) is 9.82 Å². The molecule has 2 aromatic rings. The van der Waals surface area contributed by atoms with Crippen LogP contribution in [0, 0.1) is 0 Å². The number of thiazole rings is 1. The SMILES string of the molecule is CCCn1c(=NC(C)=O)sc2c(Cl)ccc(OC)c21. The summed E-state index contributed by atoms with van der Waals surface area (Å²) < 4.78 is 8.28. The molecule has 1 aromatic carbocycles. The van der Waals surface area contributed by atoms with Crippen LogP contribution in [0.5, 0.6) is 5.75 Å². The second kappa shape index (κ2) is 5.75. The maximum Gasteiger partial charge on any atom is 0.245 e. The Hall–Kier alpha value is -1.33. The highest BCUT2D eigenvalue weighted by Crippen LogP contribution is 2.33. The summed E-state index contributed by atoms with van der Waals surface area (Å²) in [5.41, 5.74) is 0.904. The van der Waals surface area contributed by atoms with Crippen molar-refractivity contribution in [1.29, 1.82) is 0 Å². The molecule has 0 spiro atoms. The van der Waals surface area contributed by atoms with Crippen molar-refractivity contribution in [3.8, 4) is 5.75 Å². The van der Waals surface area contributed by atoms with E-state index in [-0.39, 0.29) is 5.91 Å². The van der Waals surface area contributed by atoms with Crippen molar-refractivity contribution in [2.24, 2.45) is 4.99 Å². The average molecular weight is 299 g/mol. The first-order chi connectivity index (χ1) is 9.08. The van der Waals surface area contributed by atoms with E-state index in [9.17, 15) is 4.79 Å². The Balaban J connectivity index is 2.88. The predicted octanol–water partition coefficient (Wildman–Crippen LogP) is 3.22. The van der Waals surface area contributed by atoms with Gasteiger partial charge in [-0.3, -0.25) is 4.79 Å². The molecule has 102 valence electrons. The number of hydrogen-bond donors (Lipinski definition) is 0. The summed E-state index contributed by atoms with van der Waals surface area (Å²) in [5.74, 6) is 0.528. The van der Waals surface area contributed by atoms with E-state index in [1.165, 1.54) is 18.3 Å². The molecule has 0 saturated heterocycles. The number of rotatable bonds is 3. The molecule has 0 saturated carbocycles. The molecule has 0 aliphatic heterocycles. The molecule has 1 heterocycles. The Labute approximate surface area is 120 Å². The van der Waals surface area contributed by atoms with Crippen LogP contribution in [0.4, 0.5) is 0 Å². The number of carbonyl (C=O) groups is 1. The maximum atomic E-state index is 11.2. The van der Waals surface area contributed by atoms with Gasteiger partial charge in [-0.2, -0.15) is 4.99 Å². The van der Waals surface area contributed by atoms with E-state index in [1.54, 1.807) is 13.2 Å². The van der Waals surface area contributed by atoms with Gasteiger partial charge in [0.15, 0.2) is 4.80 Å². The fourth-order valence-corrected chi connectivity index (χ4v) is 3.33. The average Bonchev–Trinajstić information content (AvgIpc) is 2.70. The van der Waals surface area contributed by atoms with Gasteiger partial charge >= 0.3 is 0 Å². The summed E-state index contributed by atoms with van der Waals surface area (Å²) in [4.78, 5) is 16.0. The van der Waals surface area contributed by atoms with Gasteiger partial charge < -0.3 is 9.30 Å². The summed E-state index contributed by atoms with van der Waals surface area (Å²) >= 11 is 7.63. The molecular formula is C13H15ClN2O2S. The number of aryl methyl sites for hydroxylation is 1. The highest BCUT2D eigenvalue weighted by Gasteiger charge is 2.14. The monoisotopic (exact) mass is 298 g/mol. The molecule has 0 radical (unpaired) electrons. The Kier molecular flexibility index (Phi) is 4.27. The fraction of sp³-hybridized carbons (Fsp3) is 0.385. The number of amides is 1. The summed E-state index contributed by atoms with van der Waals surface area (Å²) in [5, 5.41) is 0.649. The minimum atomic E-state index is -0.216. The van der Waals surface area contributed by atoms with Crippen LogP contribution in [0.15, 0.2) is 17.1 Å². The van der Waals surface area contributed by atoms with Crippen LogP contribution in [-0.4, -0.2) is 17.6 Å². The van der Waals surface area contributed by atoms with Gasteiger partial charge in [0.1, 0.15) is 11.3 Å². The number of hydrogen-bond acceptors (Lipinski definition) is 3. The Morgan fingerprint density at radius 1 is 1.53 bits per heavy atom. The molecule has 0 aliphatic rings. The lowest BCUT2D eigenvalue weighted by Gasteiger charge is -2.07. The molecule has 2 rings (SSSR count). The zero-order chi connectivity index (χ0) is 14.0. The number of ether oxygens (including phenoxy) is 1. The highest BCUT2D eigenvalue weighted by atomic mass is 35.5. The van der Waals surface area contributed by atoms with Crippen molar-refractivity contribution in [1.82, 2.24) is 4.57 Å². The van der Waals surface area contributed by atoms with Gasteiger partial charge in [0.2, 0.25) is 5.91 Å². The molecular weight excluding hydrogens is 284 g/mol. The van der Waals surface area contributed by atoms with Crippen LogP contribution in [0.25, 0.3) is 10.2 Å². The van der Waals surface area contributed by atoms with Gasteiger partial charge in [0.05, 0.1) is 16.8 Å². The molecule has 4 nitrogen and oxygen atoms in total. The Morgan fingerprint density at radius 2 is 2.26 bits per heavy atom. The molecule has 19 heavy (non-hydrogen) atoms. The van der Waals surface area contributed by atoms with E-state index in [2.05, 4.69) is 11.9 Å². The molecule has 1 aromatic heterocycles. The highest BCUT2D eigenvalue weighted by molar-refractivity contribution is 7.17. The second-order valence-electron chi connectivity index (χ2n) is 4.09. The minimum absolute atomic E-state index is 0.216. The van der Waals surface area contributed by atoms with Crippen LogP contribution in [0.3, 0.4) is 0 Å². The van der Waals surface area contributed by atoms with E-state index in [1.807, 2.05) is 10.6 Å². The summed E-state index contributed by atoms with van der Waals surface area (Å²) in [6.07, 6.45) is 0.937. The molecule has 0 aliphatic carbocycles. The van der Waals surface area contributed by atoms with Crippen molar-refractivity contribution < 1.29 is 9.53 Å². The minimum Gasteiger partial charge on any atom is -0.495 e. The number of halogens is 1. The lowest BCUT2D eigenvalue weighted by molar-refractivity contribution is -0.116. The predicted molar refractivity (Wildman–Crippen MR) is 77.9 cm³/mol.